The van der Waals surface area contributed by atoms with Gasteiger partial charge < -0.3 is 14.2 Å². The summed E-state index contributed by atoms with van der Waals surface area (Å²) in [6, 6.07) is 0. The first-order valence-corrected chi connectivity index (χ1v) is 21.6. The van der Waals surface area contributed by atoms with Gasteiger partial charge in [-0.25, -0.2) is 0 Å². The minimum Gasteiger partial charge on any atom is -0.462 e. The van der Waals surface area contributed by atoms with Crippen LogP contribution in [0.3, 0.4) is 0 Å². The van der Waals surface area contributed by atoms with Gasteiger partial charge in [0.1, 0.15) is 13.2 Å². The van der Waals surface area contributed by atoms with Gasteiger partial charge in [0.05, 0.1) is 0 Å². The molecule has 0 rings (SSSR count). The number of allylic oxidation sites excluding steroid dienone is 8. The van der Waals surface area contributed by atoms with Crippen molar-refractivity contribution in [2.75, 3.05) is 13.2 Å². The van der Waals surface area contributed by atoms with Crippen molar-refractivity contribution in [2.24, 2.45) is 0 Å². The molecule has 0 aliphatic rings. The molecule has 0 aliphatic heterocycles. The van der Waals surface area contributed by atoms with Crippen LogP contribution in [0, 0.1) is 0 Å². The third kappa shape index (κ3) is 38.6. The van der Waals surface area contributed by atoms with E-state index in [1.165, 1.54) is 96.3 Å². The molecule has 0 bridgehead atoms. The van der Waals surface area contributed by atoms with Crippen molar-refractivity contribution in [3.63, 3.8) is 0 Å². The van der Waals surface area contributed by atoms with E-state index < -0.39 is 6.10 Å². The van der Waals surface area contributed by atoms with Gasteiger partial charge in [0, 0.05) is 19.3 Å². The molecule has 0 aromatic heterocycles. The molecular formula is C46H80O6. The van der Waals surface area contributed by atoms with Crippen LogP contribution < -0.4 is 0 Å². The maximum absolute atomic E-state index is 12.7. The highest BCUT2D eigenvalue weighted by atomic mass is 16.6. The van der Waals surface area contributed by atoms with Crippen molar-refractivity contribution in [3.05, 3.63) is 48.6 Å². The number of unbranched alkanes of at least 4 members (excludes halogenated alkanes) is 19. The molecule has 0 saturated carbocycles. The molecule has 52 heavy (non-hydrogen) atoms. The number of carbonyl (C=O) groups excluding carboxylic acids is 3. The topological polar surface area (TPSA) is 78.9 Å². The zero-order valence-electron chi connectivity index (χ0n) is 34.1. The fourth-order valence-corrected chi connectivity index (χ4v) is 5.87. The molecule has 0 aliphatic carbocycles. The van der Waals surface area contributed by atoms with Gasteiger partial charge in [-0.1, -0.05) is 191 Å². The Bertz CT molecular complexity index is 933. The van der Waals surface area contributed by atoms with E-state index >= 15 is 0 Å². The van der Waals surface area contributed by atoms with Crippen molar-refractivity contribution in [1.29, 1.82) is 0 Å². The molecule has 0 fully saturated rings. The highest BCUT2D eigenvalue weighted by Gasteiger charge is 2.19. The SMILES string of the molecule is CC/C=C\C/C=C\C/C=C\C/C=C\CCC(=O)OCC(COC(=O)CCCCCCCCCCCC)OC(=O)CCCCCCCCCCCCC. The third-order valence-electron chi connectivity index (χ3n) is 9.11. The standard InChI is InChI=1S/C46H80O6/c1-4-7-10-13-16-19-22-23-25-27-30-33-36-39-45(48)51-42-43(41-50-44(47)38-35-32-29-26-21-18-15-12-9-6-3)52-46(49)40-37-34-31-28-24-20-17-14-11-8-5-2/h7,10,16,19,23,25,30,33,43H,4-6,8-9,11-15,17-18,20-22,24,26-29,31-32,34-42H2,1-3H3/b10-7-,19-16-,25-23-,33-30-. The van der Waals surface area contributed by atoms with Crippen LogP contribution in [0.5, 0.6) is 0 Å². The minimum atomic E-state index is -0.793. The molecule has 0 heterocycles. The van der Waals surface area contributed by atoms with Crippen LogP contribution in [0.25, 0.3) is 0 Å². The fourth-order valence-electron chi connectivity index (χ4n) is 5.87. The van der Waals surface area contributed by atoms with Crippen LogP contribution in [0.1, 0.15) is 207 Å². The van der Waals surface area contributed by atoms with Crippen LogP contribution in [0.4, 0.5) is 0 Å². The fraction of sp³-hybridized carbons (Fsp3) is 0.761. The van der Waals surface area contributed by atoms with Gasteiger partial charge in [0.2, 0.25) is 0 Å². The second-order valence-corrected chi connectivity index (χ2v) is 14.2. The van der Waals surface area contributed by atoms with Crippen LogP contribution in [0.2, 0.25) is 0 Å². The Morgan fingerprint density at radius 1 is 0.404 bits per heavy atom. The predicted octanol–water partition coefficient (Wildman–Crippen LogP) is 13.6. The molecule has 0 spiro atoms. The lowest BCUT2D eigenvalue weighted by Crippen LogP contribution is -2.30. The summed E-state index contributed by atoms with van der Waals surface area (Å²) < 4.78 is 16.6. The van der Waals surface area contributed by atoms with E-state index in [0.717, 1.165) is 64.2 Å². The zero-order chi connectivity index (χ0) is 38.0. The van der Waals surface area contributed by atoms with Crippen molar-refractivity contribution >= 4 is 17.9 Å². The zero-order valence-corrected chi connectivity index (χ0v) is 34.1. The average molecular weight is 729 g/mol. The van der Waals surface area contributed by atoms with Crippen LogP contribution >= 0.6 is 0 Å². The smallest absolute Gasteiger partial charge is 0.306 e. The largest absolute Gasteiger partial charge is 0.462 e. The molecule has 0 N–H and O–H groups in total. The maximum atomic E-state index is 12.7. The van der Waals surface area contributed by atoms with Crippen LogP contribution in [-0.4, -0.2) is 37.2 Å². The Hall–Kier alpha value is -2.63. The second-order valence-electron chi connectivity index (χ2n) is 14.2. The second kappa shape index (κ2) is 41.1. The number of hydrogen-bond donors (Lipinski definition) is 0. The summed E-state index contributed by atoms with van der Waals surface area (Å²) in [7, 11) is 0. The molecular weight excluding hydrogens is 648 g/mol. The molecule has 0 saturated heterocycles. The van der Waals surface area contributed by atoms with Gasteiger partial charge in [-0.2, -0.15) is 0 Å². The first-order chi connectivity index (χ1) is 25.5. The Kier molecular flexibility index (Phi) is 39.1. The van der Waals surface area contributed by atoms with E-state index in [9.17, 15) is 14.4 Å². The number of hydrogen-bond acceptors (Lipinski definition) is 6. The minimum absolute atomic E-state index is 0.0925. The van der Waals surface area contributed by atoms with E-state index in [2.05, 4.69) is 57.2 Å². The summed E-state index contributed by atoms with van der Waals surface area (Å²) >= 11 is 0. The lowest BCUT2D eigenvalue weighted by Gasteiger charge is -2.18. The van der Waals surface area contributed by atoms with Gasteiger partial charge in [-0.05, 0) is 44.9 Å². The summed E-state index contributed by atoms with van der Waals surface area (Å²) in [5.74, 6) is -0.982. The predicted molar refractivity (Wildman–Crippen MR) is 219 cm³/mol. The highest BCUT2D eigenvalue weighted by molar-refractivity contribution is 5.71. The molecule has 1 atom stereocenters. The molecule has 300 valence electrons. The lowest BCUT2D eigenvalue weighted by molar-refractivity contribution is -0.166. The van der Waals surface area contributed by atoms with Crippen molar-refractivity contribution in [3.8, 4) is 0 Å². The van der Waals surface area contributed by atoms with Gasteiger partial charge in [0.15, 0.2) is 6.10 Å². The highest BCUT2D eigenvalue weighted by Crippen LogP contribution is 2.14. The van der Waals surface area contributed by atoms with Gasteiger partial charge in [-0.3, -0.25) is 14.4 Å². The van der Waals surface area contributed by atoms with Gasteiger partial charge >= 0.3 is 17.9 Å². The molecule has 6 nitrogen and oxygen atoms in total. The molecule has 1 unspecified atom stereocenters. The Morgan fingerprint density at radius 3 is 1.17 bits per heavy atom. The normalized spacial score (nSPS) is 12.4. The number of rotatable bonds is 38. The summed E-state index contributed by atoms with van der Waals surface area (Å²) in [4.78, 5) is 37.6. The van der Waals surface area contributed by atoms with E-state index in [-0.39, 0.29) is 37.5 Å². The number of ether oxygens (including phenoxy) is 3. The summed E-state index contributed by atoms with van der Waals surface area (Å²) in [6.45, 7) is 6.42. The average Bonchev–Trinajstić information content (AvgIpc) is 3.14. The number of esters is 3. The maximum Gasteiger partial charge on any atom is 0.306 e. The third-order valence-corrected chi connectivity index (χ3v) is 9.11. The Labute approximate surface area is 320 Å². The summed E-state index contributed by atoms with van der Waals surface area (Å²) in [5.41, 5.74) is 0. The quantitative estimate of drug-likeness (QED) is 0.0272. The van der Waals surface area contributed by atoms with Gasteiger partial charge in [-0.15, -0.1) is 0 Å². The summed E-state index contributed by atoms with van der Waals surface area (Å²) in [5, 5.41) is 0. The first-order valence-electron chi connectivity index (χ1n) is 21.6. The monoisotopic (exact) mass is 729 g/mol. The molecule has 0 amide bonds. The summed E-state index contributed by atoms with van der Waals surface area (Å²) in [6.07, 6.45) is 46.8. The van der Waals surface area contributed by atoms with Crippen molar-refractivity contribution in [2.45, 2.75) is 213 Å². The Balaban J connectivity index is 4.47. The lowest BCUT2D eigenvalue weighted by atomic mass is 10.1. The molecule has 0 aromatic rings. The van der Waals surface area contributed by atoms with E-state index in [4.69, 9.17) is 14.2 Å². The molecule has 0 radical (unpaired) electrons. The van der Waals surface area contributed by atoms with Crippen molar-refractivity contribution in [1.82, 2.24) is 0 Å². The van der Waals surface area contributed by atoms with Crippen LogP contribution in [-0.2, 0) is 28.6 Å². The van der Waals surface area contributed by atoms with E-state index in [0.29, 0.717) is 19.3 Å². The van der Waals surface area contributed by atoms with E-state index in [1.54, 1.807) is 0 Å². The molecule has 0 aromatic carbocycles. The Morgan fingerprint density at radius 2 is 0.750 bits per heavy atom. The molecule has 6 heteroatoms. The van der Waals surface area contributed by atoms with Gasteiger partial charge in [0.25, 0.3) is 0 Å². The van der Waals surface area contributed by atoms with Crippen LogP contribution in [0.15, 0.2) is 48.6 Å². The number of carbonyl (C=O) groups is 3. The first kappa shape index (κ1) is 49.4. The van der Waals surface area contributed by atoms with E-state index in [1.807, 2.05) is 12.2 Å². The van der Waals surface area contributed by atoms with Crippen molar-refractivity contribution < 1.29 is 28.6 Å².